The molecular formula is C5H8O2. The Kier molecular flexibility index (Phi) is 3.29. The standard InChI is InChI=1S/C5H8O2/c1-5(3-6)4-7-2/h4H2,1-2H3. The quantitative estimate of drug-likeness (QED) is 0.470. The molecule has 2 nitrogen and oxygen atoms in total. The van der Waals surface area contributed by atoms with Gasteiger partial charge in [0.2, 0.25) is 0 Å². The average molecular weight is 100 g/mol. The van der Waals surface area contributed by atoms with Crippen LogP contribution >= 0.6 is 0 Å². The van der Waals surface area contributed by atoms with Crippen LogP contribution in [0.1, 0.15) is 6.92 Å². The Bertz CT molecular complexity index is 90.3. The smallest absolute Gasteiger partial charge is 0.125 e. The van der Waals surface area contributed by atoms with E-state index in [9.17, 15) is 4.79 Å². The fraction of sp³-hybridized carbons (Fsp3) is 0.600. The Balaban J connectivity index is 3.37. The van der Waals surface area contributed by atoms with Gasteiger partial charge in [-0.1, -0.05) is 0 Å². The van der Waals surface area contributed by atoms with E-state index < -0.39 is 0 Å². The summed E-state index contributed by atoms with van der Waals surface area (Å²) in [6.45, 7) is 2.07. The largest absolute Gasteiger partial charge is 0.380 e. The van der Waals surface area contributed by atoms with Crippen LogP contribution in [0.15, 0.2) is 5.57 Å². The Hall–Kier alpha value is -0.590. The number of methoxy groups -OCH3 is 1. The maximum absolute atomic E-state index is 9.65. The number of carbonyl (C=O) groups excluding carboxylic acids is 1. The molecule has 0 bridgehead atoms. The molecule has 2 heteroatoms. The van der Waals surface area contributed by atoms with E-state index in [0.717, 1.165) is 0 Å². The van der Waals surface area contributed by atoms with Crippen LogP contribution in [0.4, 0.5) is 0 Å². The predicted octanol–water partition coefficient (Wildman–Crippen LogP) is 0.411. The van der Waals surface area contributed by atoms with E-state index in [2.05, 4.69) is 4.74 Å². The molecule has 0 aromatic rings. The molecule has 0 rings (SSSR count). The second kappa shape index (κ2) is 3.59. The van der Waals surface area contributed by atoms with Gasteiger partial charge < -0.3 is 4.74 Å². The molecular weight excluding hydrogens is 92.1 g/mol. The lowest BCUT2D eigenvalue weighted by Gasteiger charge is -1.88. The van der Waals surface area contributed by atoms with Gasteiger partial charge in [0.05, 0.1) is 6.61 Å². The Morgan fingerprint density at radius 3 is 2.57 bits per heavy atom. The third kappa shape index (κ3) is 3.23. The molecule has 0 spiro atoms. The highest BCUT2D eigenvalue weighted by molar-refractivity contribution is 5.51. The Morgan fingerprint density at radius 2 is 2.43 bits per heavy atom. The summed E-state index contributed by atoms with van der Waals surface area (Å²) in [6, 6.07) is 0. The average Bonchev–Trinajstić information content (AvgIpc) is 1.68. The lowest BCUT2D eigenvalue weighted by atomic mass is 10.4. The van der Waals surface area contributed by atoms with Gasteiger partial charge in [-0.15, -0.1) is 0 Å². The van der Waals surface area contributed by atoms with Gasteiger partial charge in [-0.05, 0) is 6.92 Å². The zero-order chi connectivity index (χ0) is 5.70. The maximum Gasteiger partial charge on any atom is 0.125 e. The van der Waals surface area contributed by atoms with Crippen LogP contribution in [0, 0.1) is 0 Å². The van der Waals surface area contributed by atoms with Crippen molar-refractivity contribution in [2.75, 3.05) is 13.7 Å². The van der Waals surface area contributed by atoms with Crippen molar-refractivity contribution in [2.24, 2.45) is 0 Å². The van der Waals surface area contributed by atoms with Gasteiger partial charge >= 0.3 is 0 Å². The van der Waals surface area contributed by atoms with Crippen molar-refractivity contribution in [3.05, 3.63) is 5.57 Å². The molecule has 0 aliphatic carbocycles. The fourth-order valence-corrected chi connectivity index (χ4v) is 0.246. The minimum atomic E-state index is 0.392. The third-order valence-electron chi connectivity index (χ3n) is 0.535. The number of rotatable bonds is 2. The molecule has 0 aliphatic rings. The molecule has 0 aliphatic heterocycles. The van der Waals surface area contributed by atoms with Crippen LogP contribution in [0.3, 0.4) is 0 Å². The van der Waals surface area contributed by atoms with Crippen LogP contribution in [0.5, 0.6) is 0 Å². The first-order valence-electron chi connectivity index (χ1n) is 2.00. The highest BCUT2D eigenvalue weighted by Crippen LogP contribution is 1.81. The van der Waals surface area contributed by atoms with Crippen molar-refractivity contribution in [1.29, 1.82) is 0 Å². The molecule has 7 heavy (non-hydrogen) atoms. The molecule has 0 aromatic heterocycles. The zero-order valence-electron chi connectivity index (χ0n) is 4.52. The molecule has 0 fully saturated rings. The number of hydrogen-bond acceptors (Lipinski definition) is 2. The molecule has 0 unspecified atom stereocenters. The maximum atomic E-state index is 9.65. The van der Waals surface area contributed by atoms with E-state index in [1.165, 1.54) is 0 Å². The molecule has 0 saturated heterocycles. The van der Waals surface area contributed by atoms with Crippen molar-refractivity contribution in [3.8, 4) is 0 Å². The summed E-state index contributed by atoms with van der Waals surface area (Å²) in [5.74, 6) is 1.71. The number of ether oxygens (including phenoxy) is 1. The van der Waals surface area contributed by atoms with E-state index >= 15 is 0 Å². The molecule has 40 valence electrons. The van der Waals surface area contributed by atoms with Gasteiger partial charge in [0.25, 0.3) is 0 Å². The predicted molar refractivity (Wildman–Crippen MR) is 26.8 cm³/mol. The highest BCUT2D eigenvalue weighted by Gasteiger charge is 1.82. The van der Waals surface area contributed by atoms with E-state index in [0.29, 0.717) is 12.2 Å². The summed E-state index contributed by atoms with van der Waals surface area (Å²) in [5.41, 5.74) is 0.600. The van der Waals surface area contributed by atoms with Gasteiger partial charge in [-0.3, -0.25) is 0 Å². The van der Waals surface area contributed by atoms with Gasteiger partial charge in [-0.2, -0.15) is 0 Å². The first-order chi connectivity index (χ1) is 3.31. The molecule has 0 atom stereocenters. The van der Waals surface area contributed by atoms with E-state index in [4.69, 9.17) is 0 Å². The van der Waals surface area contributed by atoms with E-state index in [1.807, 2.05) is 0 Å². The monoisotopic (exact) mass is 100 g/mol. The lowest BCUT2D eigenvalue weighted by molar-refractivity contribution is 0.226. The SMILES string of the molecule is COCC(C)=C=O. The fourth-order valence-electron chi connectivity index (χ4n) is 0.246. The third-order valence-corrected chi connectivity index (χ3v) is 0.535. The first-order valence-corrected chi connectivity index (χ1v) is 2.00. The normalized spacial score (nSPS) is 7.71. The summed E-state index contributed by atoms with van der Waals surface area (Å²) >= 11 is 0. The van der Waals surface area contributed by atoms with Crippen LogP contribution < -0.4 is 0 Å². The second-order valence-corrected chi connectivity index (χ2v) is 1.32. The summed E-state index contributed by atoms with van der Waals surface area (Å²) in [7, 11) is 1.54. The van der Waals surface area contributed by atoms with Crippen LogP contribution in [-0.2, 0) is 9.53 Å². The van der Waals surface area contributed by atoms with Crippen molar-refractivity contribution in [1.82, 2.24) is 0 Å². The summed E-state index contributed by atoms with van der Waals surface area (Å²) in [5, 5.41) is 0. The lowest BCUT2D eigenvalue weighted by Crippen LogP contribution is -1.88. The molecule has 0 saturated carbocycles. The Labute approximate surface area is 42.8 Å². The summed E-state index contributed by atoms with van der Waals surface area (Å²) < 4.78 is 4.59. The Morgan fingerprint density at radius 1 is 1.86 bits per heavy atom. The minimum Gasteiger partial charge on any atom is -0.380 e. The van der Waals surface area contributed by atoms with E-state index in [-0.39, 0.29) is 0 Å². The van der Waals surface area contributed by atoms with Gasteiger partial charge in [0.1, 0.15) is 5.94 Å². The van der Waals surface area contributed by atoms with Crippen LogP contribution in [0.25, 0.3) is 0 Å². The topological polar surface area (TPSA) is 26.3 Å². The van der Waals surface area contributed by atoms with Gasteiger partial charge in [0, 0.05) is 12.7 Å². The molecule has 0 N–H and O–H groups in total. The highest BCUT2D eigenvalue weighted by atomic mass is 16.5. The molecule has 0 heterocycles. The zero-order valence-corrected chi connectivity index (χ0v) is 4.52. The van der Waals surface area contributed by atoms with Crippen LogP contribution in [-0.4, -0.2) is 19.7 Å². The van der Waals surface area contributed by atoms with Gasteiger partial charge in [-0.25, -0.2) is 4.79 Å². The molecule has 0 radical (unpaired) electrons. The second-order valence-electron chi connectivity index (χ2n) is 1.32. The van der Waals surface area contributed by atoms with Crippen molar-refractivity contribution in [2.45, 2.75) is 6.92 Å². The number of hydrogen-bond donors (Lipinski definition) is 0. The summed E-state index contributed by atoms with van der Waals surface area (Å²) in [6.07, 6.45) is 0. The summed E-state index contributed by atoms with van der Waals surface area (Å²) in [4.78, 5) is 9.65. The molecule has 0 aromatic carbocycles. The minimum absolute atomic E-state index is 0.392. The molecule has 0 amide bonds. The van der Waals surface area contributed by atoms with Crippen molar-refractivity contribution < 1.29 is 9.53 Å². The first kappa shape index (κ1) is 6.41. The van der Waals surface area contributed by atoms with Crippen molar-refractivity contribution >= 4 is 5.94 Å². The van der Waals surface area contributed by atoms with Crippen molar-refractivity contribution in [3.63, 3.8) is 0 Å². The van der Waals surface area contributed by atoms with Gasteiger partial charge in [0.15, 0.2) is 0 Å². The van der Waals surface area contributed by atoms with Crippen LogP contribution in [0.2, 0.25) is 0 Å². The van der Waals surface area contributed by atoms with E-state index in [1.54, 1.807) is 20.0 Å².